The van der Waals surface area contributed by atoms with Crippen LogP contribution in [0.3, 0.4) is 0 Å². The predicted octanol–water partition coefficient (Wildman–Crippen LogP) is 9.55. The number of hydrogen-bond acceptors (Lipinski definition) is 14. The van der Waals surface area contributed by atoms with Gasteiger partial charge in [-0.1, -0.05) is 78.3 Å². The lowest BCUT2D eigenvalue weighted by Crippen LogP contribution is -2.42. The van der Waals surface area contributed by atoms with Crippen LogP contribution < -0.4 is 0 Å². The molecule has 0 aromatic carbocycles. The maximum atomic E-state index is 12.1. The van der Waals surface area contributed by atoms with Crippen LogP contribution in [-0.2, 0) is 0 Å². The third-order valence-corrected chi connectivity index (χ3v) is 13.8. The summed E-state index contributed by atoms with van der Waals surface area (Å²) in [5, 5.41) is 26.6. The molecule has 0 aromatic heterocycles. The van der Waals surface area contributed by atoms with Gasteiger partial charge in [0, 0.05) is 123 Å². The van der Waals surface area contributed by atoms with Crippen LogP contribution in [0.4, 0.5) is 13.2 Å². The van der Waals surface area contributed by atoms with Crippen LogP contribution in [-0.4, -0.2) is 309 Å². The summed E-state index contributed by atoms with van der Waals surface area (Å²) in [6.07, 6.45) is 16.9. The van der Waals surface area contributed by atoms with Crippen molar-refractivity contribution in [2.45, 2.75) is 187 Å². The monoisotopic (exact) mass is 1130 g/mol. The van der Waals surface area contributed by atoms with Crippen molar-refractivity contribution in [1.82, 2.24) is 49.0 Å². The van der Waals surface area contributed by atoms with Gasteiger partial charge < -0.3 is 64.3 Å². The van der Waals surface area contributed by atoms with E-state index in [2.05, 4.69) is 73.6 Å². The molecule has 17 heteroatoms. The second-order valence-corrected chi connectivity index (χ2v) is 21.8. The maximum absolute atomic E-state index is 12.1. The number of piperazine rings is 1. The Morgan fingerprint density at radius 1 is 0.333 bits per heavy atom. The van der Waals surface area contributed by atoms with Crippen LogP contribution >= 0.6 is 0 Å². The molecule has 2 unspecified atom stereocenters. The zero-order valence-corrected chi connectivity index (χ0v) is 46.8. The number of aliphatic hydroxyl groups is 3. The van der Waals surface area contributed by atoms with Crippen molar-refractivity contribution in [1.29, 1.82) is 0 Å². The van der Waals surface area contributed by atoms with Crippen LogP contribution in [0.2, 0.25) is 0 Å². The van der Waals surface area contributed by atoms with Crippen molar-refractivity contribution in [3.8, 4) is 0 Å². The number of aliphatic hydroxyl groups excluding tert-OH is 3. The van der Waals surface area contributed by atoms with E-state index in [1.165, 1.54) is 90.9 Å². The van der Waals surface area contributed by atoms with Gasteiger partial charge in [-0.2, -0.15) is 0 Å². The fourth-order valence-corrected chi connectivity index (χ4v) is 8.86. The summed E-state index contributed by atoms with van der Waals surface area (Å²) in [7, 11) is 20.6. The minimum Gasteiger partial charge on any atom is -0.392 e. The third-order valence-electron chi connectivity index (χ3n) is 13.8. The Labute approximate surface area is 486 Å². The van der Waals surface area contributed by atoms with E-state index in [4.69, 9.17) is 15.3 Å². The molecule has 6 atom stereocenters. The predicted molar refractivity (Wildman–Crippen MR) is 344 cm³/mol. The van der Waals surface area contributed by atoms with Gasteiger partial charge in [0.1, 0.15) is 18.5 Å². The van der Waals surface area contributed by atoms with E-state index in [0.717, 1.165) is 110 Å². The average Bonchev–Trinajstić information content (AvgIpc) is 4.22. The molecular formula is C61H142F3N11O3. The molecule has 9 saturated heterocycles. The second-order valence-electron chi connectivity index (χ2n) is 21.8. The number of halogens is 3. The molecule has 0 spiro atoms. The van der Waals surface area contributed by atoms with Gasteiger partial charge in [-0.25, -0.2) is 13.2 Å². The summed E-state index contributed by atoms with van der Waals surface area (Å²) in [4.78, 5) is 25.9. The number of rotatable bonds is 0. The molecule has 10 aliphatic rings. The molecule has 480 valence electrons. The molecule has 14 nitrogen and oxygen atoms in total. The van der Waals surface area contributed by atoms with Crippen molar-refractivity contribution < 1.29 is 28.5 Å². The number of nitrogens with zero attached hydrogens (tertiary/aromatic N) is 11. The highest BCUT2D eigenvalue weighted by molar-refractivity contribution is 5.64. The Morgan fingerprint density at radius 3 is 0.654 bits per heavy atom. The van der Waals surface area contributed by atoms with E-state index in [9.17, 15) is 13.2 Å². The lowest BCUT2D eigenvalue weighted by molar-refractivity contribution is 0.181. The van der Waals surface area contributed by atoms with E-state index >= 15 is 0 Å². The summed E-state index contributed by atoms with van der Waals surface area (Å²) in [5.74, 6) is 0. The highest BCUT2D eigenvalue weighted by Gasteiger charge is 2.20. The van der Waals surface area contributed by atoms with E-state index in [0.29, 0.717) is 19.6 Å². The molecule has 9 fully saturated rings. The molecule has 10 rings (SSSR count). The van der Waals surface area contributed by atoms with E-state index in [-0.39, 0.29) is 77.7 Å². The molecule has 0 bridgehead atoms. The van der Waals surface area contributed by atoms with Gasteiger partial charge in [0.2, 0.25) is 0 Å². The molecule has 10 heterocycles. The summed E-state index contributed by atoms with van der Waals surface area (Å²) < 4.78 is 36.4. The second kappa shape index (κ2) is 57.5. The molecule has 0 aliphatic carbocycles. The standard InChI is InChI=1S/C6H14N2.2C6H13N.3C5H10FN.3C5H11NO.C5H7N.8CH4/c1-7-3-5-8(2)6-4-7;2*1-7-5-3-2-4-6-7;3*1-7-3-2-5(6)4-7;3*1-6-3-2-5(7)4-6;1-5-3-2-4-6-5;;;;;;;;/h3-6H2,1-2H3;2*2-6H2,1H3;3*5H,2-4H2,1H3;3*5,7H,2-4H2,1H3;3-4H,2H2,1H3;8*1H4/t;;;2*5-;;2*5-;;;;;;;;;;/m...10.10........../s1. The largest absolute Gasteiger partial charge is 0.392 e. The fraction of sp³-hybridized carbons (Fsp3) is 0.951. The molecule has 78 heavy (non-hydrogen) atoms. The summed E-state index contributed by atoms with van der Waals surface area (Å²) >= 11 is 0. The average molecular weight is 1130 g/mol. The number of aliphatic imine (C=N–C) groups is 1. The van der Waals surface area contributed by atoms with Crippen molar-refractivity contribution >= 4 is 6.21 Å². The molecular weight excluding hydrogens is 992 g/mol. The maximum Gasteiger partial charge on any atom is 0.114 e. The smallest absolute Gasteiger partial charge is 0.114 e. The quantitative estimate of drug-likeness (QED) is 0.215. The number of likely N-dealkylation sites (N-methyl/N-ethyl adjacent to an activating group) is 5. The zero-order valence-electron chi connectivity index (χ0n) is 46.8. The molecule has 10 aliphatic heterocycles. The molecule has 0 saturated carbocycles. The molecule has 0 amide bonds. The summed E-state index contributed by atoms with van der Waals surface area (Å²) in [6.45, 7) is 22.7. The third kappa shape index (κ3) is 55.2. The van der Waals surface area contributed by atoms with E-state index in [1.807, 2.05) is 70.1 Å². The van der Waals surface area contributed by atoms with Crippen LogP contribution in [0.25, 0.3) is 0 Å². The van der Waals surface area contributed by atoms with Crippen molar-refractivity contribution in [3.63, 3.8) is 0 Å². The first kappa shape index (κ1) is 93.1. The lowest BCUT2D eigenvalue weighted by atomic mass is 10.1. The van der Waals surface area contributed by atoms with Gasteiger partial charge in [-0.15, -0.1) is 0 Å². The number of likely N-dealkylation sites (tertiary alicyclic amines) is 8. The van der Waals surface area contributed by atoms with Gasteiger partial charge >= 0.3 is 0 Å². The molecule has 0 radical (unpaired) electrons. The topological polar surface area (TPSA) is 105 Å². The number of alkyl halides is 3. The zero-order chi connectivity index (χ0) is 52.3. The van der Waals surface area contributed by atoms with Gasteiger partial charge in [-0.3, -0.25) is 4.99 Å². The fourth-order valence-electron chi connectivity index (χ4n) is 8.86. The van der Waals surface area contributed by atoms with Crippen LogP contribution in [0.5, 0.6) is 0 Å². The van der Waals surface area contributed by atoms with Gasteiger partial charge in [0.15, 0.2) is 0 Å². The van der Waals surface area contributed by atoms with Gasteiger partial charge in [0.25, 0.3) is 0 Å². The Balaban J connectivity index is -0.000000115. The first-order valence-corrected chi connectivity index (χ1v) is 27.2. The minimum absolute atomic E-state index is 0. The van der Waals surface area contributed by atoms with Crippen molar-refractivity contribution in [3.05, 3.63) is 11.8 Å². The molecule has 3 N–H and O–H groups in total. The highest BCUT2D eigenvalue weighted by atomic mass is 19.1. The Morgan fingerprint density at radius 2 is 0.564 bits per heavy atom. The molecule has 0 aromatic rings. The Bertz CT molecular complexity index is 1050. The van der Waals surface area contributed by atoms with Crippen molar-refractivity contribution in [2.75, 3.05) is 201 Å². The summed E-state index contributed by atoms with van der Waals surface area (Å²) in [5.41, 5.74) is 1.15. The number of piperidine rings is 2. The van der Waals surface area contributed by atoms with Crippen molar-refractivity contribution in [2.24, 2.45) is 4.99 Å². The van der Waals surface area contributed by atoms with Gasteiger partial charge in [-0.05, 0) is 168 Å². The highest BCUT2D eigenvalue weighted by Crippen LogP contribution is 2.11. The van der Waals surface area contributed by atoms with E-state index in [1.54, 1.807) is 0 Å². The van der Waals surface area contributed by atoms with Crippen LogP contribution in [0.15, 0.2) is 16.8 Å². The van der Waals surface area contributed by atoms with Crippen LogP contribution in [0.1, 0.15) is 150 Å². The first-order chi connectivity index (χ1) is 33.2. The van der Waals surface area contributed by atoms with Crippen LogP contribution in [0, 0.1) is 0 Å². The number of β-amino-alcohol motifs (C(OH)–C–C–N with tert-alkyl or cyclic N) is 3. The lowest BCUT2D eigenvalue weighted by Gasteiger charge is -2.28. The SMILES string of the molecule is C.C.C.C.C.C.C.C.CC1=CCC=N1.CN1CCC(F)C1.CN1CCC(O)C1.CN1CCCCC1.CN1CCCCC1.CN1CCN(C)CC1.CN1CC[C@@H](F)C1.CN1CC[C@@H](O)C1.CN1CC[C@H](F)C1.CN1CC[C@H](O)C1. The summed E-state index contributed by atoms with van der Waals surface area (Å²) in [6, 6.07) is 0. The first-order valence-electron chi connectivity index (χ1n) is 27.2. The normalized spacial score (nSPS) is 27.1. The number of hydrogen-bond donors (Lipinski definition) is 3. The van der Waals surface area contributed by atoms with Gasteiger partial charge in [0.05, 0.1) is 18.3 Å². The number of allylic oxidation sites excluding steroid dienone is 2. The Hall–Kier alpha value is -1.32. The van der Waals surface area contributed by atoms with E-state index < -0.39 is 18.5 Å². The Kier molecular flexibility index (Phi) is 68.6. The minimum atomic E-state index is -0.551.